The maximum Gasteiger partial charge on any atom is 0.231 e. The van der Waals surface area contributed by atoms with E-state index in [-0.39, 0.29) is 30.5 Å². The van der Waals surface area contributed by atoms with Crippen molar-refractivity contribution in [3.8, 4) is 5.75 Å². The van der Waals surface area contributed by atoms with Crippen molar-refractivity contribution in [2.45, 2.75) is 19.8 Å². The fourth-order valence-corrected chi connectivity index (χ4v) is 2.60. The Labute approximate surface area is 169 Å². The van der Waals surface area contributed by atoms with Gasteiger partial charge in [0.15, 0.2) is 0 Å². The molecule has 2 aromatic rings. The van der Waals surface area contributed by atoms with Crippen molar-refractivity contribution in [1.82, 2.24) is 5.32 Å². The second kappa shape index (κ2) is 10.6. The Balaban J connectivity index is 1.94. The molecule has 0 aliphatic rings. The SMILES string of the molecule is CO/N=C(/CC(=O)NC(=N)Cc1ccc(NC(C)=O)cc1)c1ccc(OC)cc1. The lowest BCUT2D eigenvalue weighted by Gasteiger charge is -2.10. The number of ether oxygens (including phenoxy) is 1. The molecule has 152 valence electrons. The van der Waals surface area contributed by atoms with Gasteiger partial charge in [-0.15, -0.1) is 0 Å². The third kappa shape index (κ3) is 7.10. The topological polar surface area (TPSA) is 113 Å². The van der Waals surface area contributed by atoms with Crippen LogP contribution in [0.5, 0.6) is 5.75 Å². The number of carbonyl (C=O) groups excluding carboxylic acids is 2. The summed E-state index contributed by atoms with van der Waals surface area (Å²) in [5, 5.41) is 17.2. The molecule has 0 aromatic heterocycles. The molecular weight excluding hydrogens is 372 g/mol. The van der Waals surface area contributed by atoms with Crippen molar-refractivity contribution in [3.63, 3.8) is 0 Å². The Kier molecular flexibility index (Phi) is 7.90. The van der Waals surface area contributed by atoms with Crippen molar-refractivity contribution in [3.05, 3.63) is 59.7 Å². The minimum absolute atomic E-state index is 0.0377. The summed E-state index contributed by atoms with van der Waals surface area (Å²) in [5.41, 5.74) is 2.69. The van der Waals surface area contributed by atoms with Gasteiger partial charge in [-0.25, -0.2) is 0 Å². The molecule has 0 saturated carbocycles. The Morgan fingerprint density at radius 1 is 1.03 bits per heavy atom. The average molecular weight is 396 g/mol. The fourth-order valence-electron chi connectivity index (χ4n) is 2.60. The first kappa shape index (κ1) is 21.6. The molecule has 0 heterocycles. The van der Waals surface area contributed by atoms with Crippen molar-refractivity contribution in [2.24, 2.45) is 5.16 Å². The largest absolute Gasteiger partial charge is 0.497 e. The second-order valence-corrected chi connectivity index (χ2v) is 6.21. The molecule has 0 spiro atoms. The highest BCUT2D eigenvalue weighted by Crippen LogP contribution is 2.14. The summed E-state index contributed by atoms with van der Waals surface area (Å²) in [6.07, 6.45) is 0.218. The van der Waals surface area contributed by atoms with E-state index in [4.69, 9.17) is 15.0 Å². The summed E-state index contributed by atoms with van der Waals surface area (Å²) in [7, 11) is 2.99. The smallest absolute Gasteiger partial charge is 0.231 e. The molecule has 2 amide bonds. The maximum atomic E-state index is 12.3. The Morgan fingerprint density at radius 3 is 2.24 bits per heavy atom. The molecule has 0 fully saturated rings. The molecule has 0 unspecified atom stereocenters. The molecule has 2 aromatic carbocycles. The molecule has 8 nitrogen and oxygen atoms in total. The number of hydrogen-bond donors (Lipinski definition) is 3. The number of oxime groups is 1. The van der Waals surface area contributed by atoms with Crippen LogP contribution in [0.4, 0.5) is 5.69 Å². The van der Waals surface area contributed by atoms with Crippen molar-refractivity contribution < 1.29 is 19.2 Å². The lowest BCUT2D eigenvalue weighted by Crippen LogP contribution is -2.32. The van der Waals surface area contributed by atoms with E-state index in [2.05, 4.69) is 15.8 Å². The van der Waals surface area contributed by atoms with Gasteiger partial charge in [-0.05, 0) is 42.0 Å². The van der Waals surface area contributed by atoms with Crippen molar-refractivity contribution in [1.29, 1.82) is 5.41 Å². The molecule has 29 heavy (non-hydrogen) atoms. The summed E-state index contributed by atoms with van der Waals surface area (Å²) >= 11 is 0. The molecule has 0 bridgehead atoms. The number of hydrogen-bond acceptors (Lipinski definition) is 6. The summed E-state index contributed by atoms with van der Waals surface area (Å²) in [5.74, 6) is 0.245. The van der Waals surface area contributed by atoms with E-state index in [1.54, 1.807) is 55.6 Å². The average Bonchev–Trinajstić information content (AvgIpc) is 2.68. The molecule has 2 rings (SSSR count). The van der Waals surface area contributed by atoms with Gasteiger partial charge >= 0.3 is 0 Å². The summed E-state index contributed by atoms with van der Waals surface area (Å²) in [4.78, 5) is 28.2. The van der Waals surface area contributed by atoms with Gasteiger partial charge in [-0.3, -0.25) is 15.0 Å². The standard InChI is InChI=1S/C21H24N4O4/c1-14(26)23-17-8-4-15(5-9-17)12-20(22)24-21(27)13-19(25-29-3)16-6-10-18(28-2)11-7-16/h4-11H,12-13H2,1-3H3,(H,23,26)(H2,22,24,27)/b25-19-. The highest BCUT2D eigenvalue weighted by molar-refractivity contribution is 6.13. The molecule has 3 N–H and O–H groups in total. The van der Waals surface area contributed by atoms with Crippen LogP contribution in [0, 0.1) is 5.41 Å². The number of carbonyl (C=O) groups is 2. The Hall–Kier alpha value is -3.68. The van der Waals surface area contributed by atoms with Gasteiger partial charge in [0.25, 0.3) is 0 Å². The van der Waals surface area contributed by atoms with E-state index < -0.39 is 0 Å². The predicted octanol–water partition coefficient (Wildman–Crippen LogP) is 2.73. The first-order valence-corrected chi connectivity index (χ1v) is 8.89. The third-order valence-electron chi connectivity index (χ3n) is 3.90. The van der Waals surface area contributed by atoms with Gasteiger partial charge < -0.3 is 20.2 Å². The number of rotatable bonds is 8. The molecular formula is C21H24N4O4. The van der Waals surface area contributed by atoms with Crippen LogP contribution in [0.15, 0.2) is 53.7 Å². The zero-order valence-corrected chi connectivity index (χ0v) is 16.6. The number of amides is 2. The quantitative estimate of drug-likeness (QED) is 0.362. The minimum atomic E-state index is -0.364. The normalized spacial score (nSPS) is 10.8. The van der Waals surface area contributed by atoms with E-state index in [1.807, 2.05) is 0 Å². The monoisotopic (exact) mass is 396 g/mol. The molecule has 0 radical (unpaired) electrons. The third-order valence-corrected chi connectivity index (χ3v) is 3.90. The van der Waals surface area contributed by atoms with E-state index >= 15 is 0 Å². The predicted molar refractivity (Wildman–Crippen MR) is 111 cm³/mol. The number of anilines is 1. The first-order chi connectivity index (χ1) is 13.9. The lowest BCUT2D eigenvalue weighted by atomic mass is 10.1. The Bertz CT molecular complexity index is 890. The van der Waals surface area contributed by atoms with E-state index in [0.29, 0.717) is 17.1 Å². The van der Waals surface area contributed by atoms with Crippen LogP contribution in [-0.4, -0.2) is 37.6 Å². The number of methoxy groups -OCH3 is 1. The van der Waals surface area contributed by atoms with Crippen LogP contribution in [0.3, 0.4) is 0 Å². The zero-order valence-electron chi connectivity index (χ0n) is 16.6. The molecule has 0 aliphatic carbocycles. The van der Waals surface area contributed by atoms with Gasteiger partial charge in [0.1, 0.15) is 18.7 Å². The van der Waals surface area contributed by atoms with Gasteiger partial charge in [-0.2, -0.15) is 0 Å². The zero-order chi connectivity index (χ0) is 21.2. The number of nitrogens with zero attached hydrogens (tertiary/aromatic N) is 1. The summed E-state index contributed by atoms with van der Waals surface area (Å²) < 4.78 is 5.13. The van der Waals surface area contributed by atoms with E-state index in [1.165, 1.54) is 14.0 Å². The molecule has 8 heteroatoms. The van der Waals surface area contributed by atoms with Crippen molar-refractivity contribution in [2.75, 3.05) is 19.5 Å². The second-order valence-electron chi connectivity index (χ2n) is 6.21. The number of amidine groups is 1. The highest BCUT2D eigenvalue weighted by Gasteiger charge is 2.13. The van der Waals surface area contributed by atoms with Crippen LogP contribution in [-0.2, 0) is 20.8 Å². The molecule has 0 aliphatic heterocycles. The van der Waals surface area contributed by atoms with Gasteiger partial charge in [0.05, 0.1) is 19.2 Å². The van der Waals surface area contributed by atoms with Gasteiger partial charge in [0.2, 0.25) is 11.8 Å². The number of benzene rings is 2. The van der Waals surface area contributed by atoms with Gasteiger partial charge in [-0.1, -0.05) is 17.3 Å². The molecule has 0 saturated heterocycles. The van der Waals surface area contributed by atoms with Gasteiger partial charge in [0, 0.05) is 24.6 Å². The maximum absolute atomic E-state index is 12.3. The van der Waals surface area contributed by atoms with Crippen LogP contribution >= 0.6 is 0 Å². The first-order valence-electron chi connectivity index (χ1n) is 8.89. The van der Waals surface area contributed by atoms with E-state index in [0.717, 1.165) is 11.1 Å². The lowest BCUT2D eigenvalue weighted by molar-refractivity contribution is -0.118. The van der Waals surface area contributed by atoms with Crippen LogP contribution in [0.2, 0.25) is 0 Å². The van der Waals surface area contributed by atoms with E-state index in [9.17, 15) is 9.59 Å². The Morgan fingerprint density at radius 2 is 1.69 bits per heavy atom. The minimum Gasteiger partial charge on any atom is -0.497 e. The van der Waals surface area contributed by atoms with Crippen LogP contribution < -0.4 is 15.4 Å². The number of nitrogens with one attached hydrogen (secondary N) is 3. The summed E-state index contributed by atoms with van der Waals surface area (Å²) in [6.45, 7) is 1.44. The van der Waals surface area contributed by atoms with Crippen LogP contribution in [0.25, 0.3) is 0 Å². The fraction of sp³-hybridized carbons (Fsp3) is 0.238. The van der Waals surface area contributed by atoms with Crippen molar-refractivity contribution >= 4 is 29.0 Å². The summed E-state index contributed by atoms with van der Waals surface area (Å²) in [6, 6.07) is 14.2. The molecule has 0 atom stereocenters. The highest BCUT2D eigenvalue weighted by atomic mass is 16.6. The van der Waals surface area contributed by atoms with Crippen LogP contribution in [0.1, 0.15) is 24.5 Å².